The number of carbonyl (C=O) groups excluding carboxylic acids is 1. The van der Waals surface area contributed by atoms with Crippen LogP contribution in [-0.4, -0.2) is 65.2 Å². The normalized spacial score (nSPS) is 24.0. The highest BCUT2D eigenvalue weighted by Crippen LogP contribution is 2.32. The first-order chi connectivity index (χ1) is 13.7. The molecule has 0 aliphatic carbocycles. The Morgan fingerprint density at radius 3 is 2.57 bits per heavy atom. The van der Waals surface area contributed by atoms with E-state index < -0.39 is 0 Å². The maximum Gasteiger partial charge on any atom is 0.276 e. The maximum atomic E-state index is 13.1. The van der Waals surface area contributed by atoms with Gasteiger partial charge in [-0.2, -0.15) is 0 Å². The number of benzene rings is 1. The summed E-state index contributed by atoms with van der Waals surface area (Å²) in [7, 11) is 0. The van der Waals surface area contributed by atoms with Gasteiger partial charge < -0.3 is 19.7 Å². The first kappa shape index (κ1) is 17.5. The summed E-state index contributed by atoms with van der Waals surface area (Å²) in [6, 6.07) is 5.65. The molecule has 8 nitrogen and oxygen atoms in total. The van der Waals surface area contributed by atoms with Crippen molar-refractivity contribution in [2.24, 2.45) is 11.8 Å². The number of amides is 1. The number of rotatable bonds is 2. The van der Waals surface area contributed by atoms with Crippen molar-refractivity contribution in [2.45, 2.75) is 19.8 Å². The van der Waals surface area contributed by atoms with E-state index in [1.54, 1.807) is 4.68 Å². The molecule has 2 aromatic rings. The van der Waals surface area contributed by atoms with Crippen LogP contribution in [0, 0.1) is 18.8 Å². The quantitative estimate of drug-likeness (QED) is 0.845. The fourth-order valence-corrected chi connectivity index (χ4v) is 4.51. The predicted molar refractivity (Wildman–Crippen MR) is 102 cm³/mol. The Morgan fingerprint density at radius 1 is 1.11 bits per heavy atom. The summed E-state index contributed by atoms with van der Waals surface area (Å²) >= 11 is 0. The topological polar surface area (TPSA) is 81.5 Å². The van der Waals surface area contributed by atoms with E-state index in [0.717, 1.165) is 56.2 Å². The zero-order chi connectivity index (χ0) is 19.1. The number of aromatic nitrogens is 3. The molecule has 5 rings (SSSR count). The van der Waals surface area contributed by atoms with Gasteiger partial charge in [-0.3, -0.25) is 4.79 Å². The van der Waals surface area contributed by atoms with E-state index in [0.29, 0.717) is 36.5 Å². The lowest BCUT2D eigenvalue weighted by molar-refractivity contribution is 0.0751. The van der Waals surface area contributed by atoms with Crippen LogP contribution >= 0.6 is 0 Å². The minimum Gasteiger partial charge on any atom is -0.486 e. The van der Waals surface area contributed by atoms with Crippen LogP contribution in [-0.2, 0) is 0 Å². The molecule has 0 radical (unpaired) electrons. The zero-order valence-corrected chi connectivity index (χ0v) is 16.1. The van der Waals surface area contributed by atoms with E-state index in [1.165, 1.54) is 0 Å². The van der Waals surface area contributed by atoms with Gasteiger partial charge >= 0.3 is 0 Å². The molecule has 2 fully saturated rings. The molecule has 3 aliphatic rings. The highest BCUT2D eigenvalue weighted by molar-refractivity contribution is 5.93. The summed E-state index contributed by atoms with van der Waals surface area (Å²) < 4.78 is 12.9. The van der Waals surface area contributed by atoms with Gasteiger partial charge in [-0.25, -0.2) is 4.68 Å². The number of nitrogens with zero attached hydrogens (tertiary/aromatic N) is 4. The molecule has 1 amide bonds. The molecule has 0 saturated carbocycles. The standard InChI is InChI=1S/C20H25N5O3/c1-13-19(20(26)24-6-4-14-11-21-12-15(14)5-7-24)22-23-25(13)16-2-3-17-18(10-16)28-9-8-27-17/h2-3,10,14-15,21H,4-9,11-12H2,1H3/t14-,15+. The average Bonchev–Trinajstić information content (AvgIpc) is 3.28. The summed E-state index contributed by atoms with van der Waals surface area (Å²) in [5, 5.41) is 11.9. The van der Waals surface area contributed by atoms with Crippen LogP contribution in [0.1, 0.15) is 29.0 Å². The molecule has 1 N–H and O–H groups in total. The van der Waals surface area contributed by atoms with E-state index in [-0.39, 0.29) is 5.91 Å². The molecule has 0 unspecified atom stereocenters. The molecule has 1 aromatic heterocycles. The Labute approximate surface area is 163 Å². The average molecular weight is 383 g/mol. The minimum atomic E-state index is -0.0192. The first-order valence-electron chi connectivity index (χ1n) is 10.0. The molecule has 28 heavy (non-hydrogen) atoms. The van der Waals surface area contributed by atoms with Gasteiger partial charge in [0.25, 0.3) is 5.91 Å². The number of hydrogen-bond acceptors (Lipinski definition) is 6. The molecular formula is C20H25N5O3. The molecule has 2 saturated heterocycles. The Balaban J connectivity index is 1.37. The second-order valence-corrected chi connectivity index (χ2v) is 7.81. The van der Waals surface area contributed by atoms with Gasteiger partial charge in [-0.05, 0) is 56.8 Å². The predicted octanol–water partition coefficient (Wildman–Crippen LogP) is 1.42. The molecule has 0 bridgehead atoms. The van der Waals surface area contributed by atoms with Crippen molar-refractivity contribution in [3.05, 3.63) is 29.6 Å². The number of fused-ring (bicyclic) bond motifs is 2. The monoisotopic (exact) mass is 383 g/mol. The van der Waals surface area contributed by atoms with Crippen molar-refractivity contribution in [3.63, 3.8) is 0 Å². The van der Waals surface area contributed by atoms with Crippen LogP contribution in [0.25, 0.3) is 5.69 Å². The lowest BCUT2D eigenvalue weighted by Crippen LogP contribution is -2.33. The SMILES string of the molecule is Cc1c(C(=O)N2CC[C@@H]3CNC[C@@H]3CC2)nnn1-c1ccc2c(c1)OCCO2. The van der Waals surface area contributed by atoms with Crippen LogP contribution < -0.4 is 14.8 Å². The lowest BCUT2D eigenvalue weighted by Gasteiger charge is -2.20. The number of nitrogens with one attached hydrogen (secondary N) is 1. The number of ether oxygens (including phenoxy) is 2. The molecule has 8 heteroatoms. The van der Waals surface area contributed by atoms with Gasteiger partial charge in [0.2, 0.25) is 0 Å². The van der Waals surface area contributed by atoms with Crippen LogP contribution in [0.4, 0.5) is 0 Å². The number of likely N-dealkylation sites (tertiary alicyclic amines) is 1. The molecule has 1 aromatic carbocycles. The third kappa shape index (κ3) is 3.01. The van der Waals surface area contributed by atoms with Crippen LogP contribution in [0.5, 0.6) is 11.5 Å². The minimum absolute atomic E-state index is 0.0192. The van der Waals surface area contributed by atoms with Gasteiger partial charge in [0.05, 0.1) is 11.4 Å². The van der Waals surface area contributed by atoms with Crippen molar-refractivity contribution in [2.75, 3.05) is 39.4 Å². The van der Waals surface area contributed by atoms with Crippen molar-refractivity contribution in [1.82, 2.24) is 25.2 Å². The lowest BCUT2D eigenvalue weighted by atomic mass is 9.92. The molecule has 2 atom stereocenters. The third-order valence-corrected chi connectivity index (χ3v) is 6.17. The highest BCUT2D eigenvalue weighted by Gasteiger charge is 2.33. The van der Waals surface area contributed by atoms with Crippen molar-refractivity contribution in [1.29, 1.82) is 0 Å². The van der Waals surface area contributed by atoms with E-state index in [1.807, 2.05) is 30.0 Å². The van der Waals surface area contributed by atoms with E-state index >= 15 is 0 Å². The molecule has 148 valence electrons. The number of hydrogen-bond donors (Lipinski definition) is 1. The Morgan fingerprint density at radius 2 is 1.82 bits per heavy atom. The van der Waals surface area contributed by atoms with Crippen LogP contribution in [0.2, 0.25) is 0 Å². The van der Waals surface area contributed by atoms with Crippen molar-refractivity contribution in [3.8, 4) is 17.2 Å². The second-order valence-electron chi connectivity index (χ2n) is 7.81. The van der Waals surface area contributed by atoms with E-state index in [4.69, 9.17) is 9.47 Å². The molecule has 0 spiro atoms. The largest absolute Gasteiger partial charge is 0.486 e. The Hall–Kier alpha value is -2.61. The third-order valence-electron chi connectivity index (χ3n) is 6.17. The summed E-state index contributed by atoms with van der Waals surface area (Å²) in [6.45, 7) is 6.71. The highest BCUT2D eigenvalue weighted by atomic mass is 16.6. The van der Waals surface area contributed by atoms with E-state index in [9.17, 15) is 4.79 Å². The molecule has 3 aliphatic heterocycles. The van der Waals surface area contributed by atoms with Crippen LogP contribution in [0.15, 0.2) is 18.2 Å². The number of carbonyl (C=O) groups is 1. The fourth-order valence-electron chi connectivity index (χ4n) is 4.51. The summed E-state index contributed by atoms with van der Waals surface area (Å²) in [6.07, 6.45) is 2.11. The maximum absolute atomic E-state index is 13.1. The van der Waals surface area contributed by atoms with Gasteiger partial charge in [0, 0.05) is 19.2 Å². The molecular weight excluding hydrogens is 358 g/mol. The second kappa shape index (κ2) is 7.09. The Kier molecular flexibility index (Phi) is 4.43. The zero-order valence-electron chi connectivity index (χ0n) is 16.1. The fraction of sp³-hybridized carbons (Fsp3) is 0.550. The van der Waals surface area contributed by atoms with Gasteiger partial charge in [0.15, 0.2) is 17.2 Å². The first-order valence-corrected chi connectivity index (χ1v) is 10.0. The summed E-state index contributed by atoms with van der Waals surface area (Å²) in [4.78, 5) is 15.1. The van der Waals surface area contributed by atoms with E-state index in [2.05, 4.69) is 15.6 Å². The summed E-state index contributed by atoms with van der Waals surface area (Å²) in [5.41, 5.74) is 1.98. The van der Waals surface area contributed by atoms with Gasteiger partial charge in [-0.1, -0.05) is 5.21 Å². The molecule has 4 heterocycles. The van der Waals surface area contributed by atoms with Crippen LogP contribution in [0.3, 0.4) is 0 Å². The smallest absolute Gasteiger partial charge is 0.276 e. The summed E-state index contributed by atoms with van der Waals surface area (Å²) in [5.74, 6) is 2.78. The van der Waals surface area contributed by atoms with Gasteiger partial charge in [-0.15, -0.1) is 5.10 Å². The van der Waals surface area contributed by atoms with Crippen molar-refractivity contribution >= 4 is 5.91 Å². The van der Waals surface area contributed by atoms with Crippen molar-refractivity contribution < 1.29 is 14.3 Å². The van der Waals surface area contributed by atoms with Gasteiger partial charge in [0.1, 0.15) is 13.2 Å². The Bertz CT molecular complexity index is 882.